The normalized spacial score (nSPS) is 10.8. The van der Waals surface area contributed by atoms with Gasteiger partial charge in [0.05, 0.1) is 22.5 Å². The molecule has 0 spiro atoms. The first-order chi connectivity index (χ1) is 9.26. The lowest BCUT2D eigenvalue weighted by atomic mass is 10.3. The molecule has 2 N–H and O–H groups in total. The van der Waals surface area contributed by atoms with Gasteiger partial charge in [-0.05, 0) is 31.2 Å². The van der Waals surface area contributed by atoms with Gasteiger partial charge in [0.15, 0.2) is 0 Å². The van der Waals surface area contributed by atoms with Crippen molar-refractivity contribution in [3.63, 3.8) is 0 Å². The second-order valence-corrected chi connectivity index (χ2v) is 5.12. The van der Waals surface area contributed by atoms with Crippen LogP contribution in [0, 0.1) is 0 Å². The van der Waals surface area contributed by atoms with E-state index in [4.69, 9.17) is 10.5 Å². The molecule has 0 aliphatic rings. The minimum atomic E-state index is 0.645. The van der Waals surface area contributed by atoms with Gasteiger partial charge in [0.1, 0.15) is 10.8 Å². The van der Waals surface area contributed by atoms with Crippen molar-refractivity contribution in [2.75, 3.05) is 12.3 Å². The number of hydrogen-bond acceptors (Lipinski definition) is 5. The number of aromatic nitrogens is 2. The third-order valence-electron chi connectivity index (χ3n) is 2.68. The number of rotatable bonds is 3. The largest absolute Gasteiger partial charge is 0.494 e. The fourth-order valence-corrected chi connectivity index (χ4v) is 2.83. The molecule has 3 rings (SSSR count). The quantitative estimate of drug-likeness (QED) is 0.793. The summed E-state index contributed by atoms with van der Waals surface area (Å²) in [6.45, 7) is 2.64. The Morgan fingerprint density at radius 2 is 2.16 bits per heavy atom. The highest BCUT2D eigenvalue weighted by atomic mass is 32.1. The average Bonchev–Trinajstić information content (AvgIpc) is 2.82. The molecule has 3 aromatic rings. The van der Waals surface area contributed by atoms with Gasteiger partial charge in [-0.25, -0.2) is 4.98 Å². The van der Waals surface area contributed by atoms with Gasteiger partial charge in [-0.3, -0.25) is 4.98 Å². The van der Waals surface area contributed by atoms with E-state index in [1.807, 2.05) is 31.2 Å². The Morgan fingerprint density at radius 1 is 1.26 bits per heavy atom. The number of thiazole rings is 1. The van der Waals surface area contributed by atoms with Crippen LogP contribution in [0.2, 0.25) is 0 Å². The second kappa shape index (κ2) is 4.85. The van der Waals surface area contributed by atoms with E-state index in [1.54, 1.807) is 23.7 Å². The summed E-state index contributed by atoms with van der Waals surface area (Å²) in [5.41, 5.74) is 8.30. The summed E-state index contributed by atoms with van der Waals surface area (Å²) in [6.07, 6.45) is 3.40. The van der Waals surface area contributed by atoms with E-state index < -0.39 is 0 Å². The molecular formula is C14H13N3OS. The summed E-state index contributed by atoms with van der Waals surface area (Å²) < 4.78 is 6.59. The Bertz CT molecular complexity index is 724. The first kappa shape index (κ1) is 11.9. The number of pyridine rings is 1. The van der Waals surface area contributed by atoms with Gasteiger partial charge >= 0.3 is 0 Å². The Balaban J connectivity index is 2.06. The predicted molar refractivity (Wildman–Crippen MR) is 78.4 cm³/mol. The number of hydrogen-bond donors (Lipinski definition) is 1. The van der Waals surface area contributed by atoms with Crippen LogP contribution < -0.4 is 10.5 Å². The zero-order valence-electron chi connectivity index (χ0n) is 10.5. The van der Waals surface area contributed by atoms with Crippen molar-refractivity contribution in [2.45, 2.75) is 6.92 Å². The van der Waals surface area contributed by atoms with Gasteiger partial charge in [-0.15, -0.1) is 11.3 Å². The van der Waals surface area contributed by atoms with E-state index in [2.05, 4.69) is 9.97 Å². The van der Waals surface area contributed by atoms with Crippen LogP contribution in [0.25, 0.3) is 20.8 Å². The molecule has 2 heterocycles. The topological polar surface area (TPSA) is 61.0 Å². The molecule has 0 bridgehead atoms. The maximum absolute atomic E-state index is 5.75. The first-order valence-electron chi connectivity index (χ1n) is 6.00. The molecule has 0 atom stereocenters. The molecule has 4 nitrogen and oxygen atoms in total. The third-order valence-corrected chi connectivity index (χ3v) is 3.74. The smallest absolute Gasteiger partial charge is 0.126 e. The van der Waals surface area contributed by atoms with E-state index in [-0.39, 0.29) is 0 Å². The monoisotopic (exact) mass is 271 g/mol. The fraction of sp³-hybridized carbons (Fsp3) is 0.143. The van der Waals surface area contributed by atoms with Crippen LogP contribution >= 0.6 is 11.3 Å². The van der Waals surface area contributed by atoms with Crippen LogP contribution in [0.3, 0.4) is 0 Å². The molecule has 0 aliphatic carbocycles. The number of nitrogen functional groups attached to an aromatic ring is 1. The molecule has 0 radical (unpaired) electrons. The molecule has 2 aromatic heterocycles. The SMILES string of the molecule is CCOc1ccc2nc(-c3cncc(N)c3)sc2c1. The highest BCUT2D eigenvalue weighted by molar-refractivity contribution is 7.21. The van der Waals surface area contributed by atoms with Gasteiger partial charge in [-0.1, -0.05) is 0 Å². The van der Waals surface area contributed by atoms with E-state index in [0.29, 0.717) is 12.3 Å². The summed E-state index contributed by atoms with van der Waals surface area (Å²) in [6, 6.07) is 7.81. The summed E-state index contributed by atoms with van der Waals surface area (Å²) in [5, 5.41) is 0.920. The lowest BCUT2D eigenvalue weighted by molar-refractivity contribution is 0.341. The van der Waals surface area contributed by atoms with Crippen LogP contribution in [-0.2, 0) is 0 Å². The average molecular weight is 271 g/mol. The van der Waals surface area contributed by atoms with Gasteiger partial charge in [0, 0.05) is 18.0 Å². The number of nitrogens with two attached hydrogens (primary N) is 1. The Morgan fingerprint density at radius 3 is 2.95 bits per heavy atom. The van der Waals surface area contributed by atoms with Crippen molar-refractivity contribution >= 4 is 27.2 Å². The third kappa shape index (κ3) is 2.37. The standard InChI is InChI=1S/C14H13N3OS/c1-2-18-11-3-4-12-13(6-11)19-14(17-12)9-5-10(15)8-16-7-9/h3-8H,2,15H2,1H3. The van der Waals surface area contributed by atoms with E-state index in [0.717, 1.165) is 26.5 Å². The van der Waals surface area contributed by atoms with Crippen molar-refractivity contribution in [3.8, 4) is 16.3 Å². The van der Waals surface area contributed by atoms with Gasteiger partial charge in [0.25, 0.3) is 0 Å². The molecule has 5 heteroatoms. The maximum atomic E-state index is 5.75. The highest BCUT2D eigenvalue weighted by Gasteiger charge is 2.08. The van der Waals surface area contributed by atoms with Crippen molar-refractivity contribution < 1.29 is 4.74 Å². The number of fused-ring (bicyclic) bond motifs is 1. The molecule has 0 saturated carbocycles. The predicted octanol–water partition coefficient (Wildman–Crippen LogP) is 3.34. The van der Waals surface area contributed by atoms with Gasteiger partial charge in [0.2, 0.25) is 0 Å². The Hall–Kier alpha value is -2.14. The fourth-order valence-electron chi connectivity index (χ4n) is 1.86. The molecule has 0 unspecified atom stereocenters. The van der Waals surface area contributed by atoms with Crippen LogP contribution in [0.15, 0.2) is 36.7 Å². The number of nitrogens with zero attached hydrogens (tertiary/aromatic N) is 2. The molecule has 0 aliphatic heterocycles. The number of ether oxygens (including phenoxy) is 1. The van der Waals surface area contributed by atoms with Crippen molar-refractivity contribution in [1.82, 2.24) is 9.97 Å². The molecule has 1 aromatic carbocycles. The lowest BCUT2D eigenvalue weighted by Crippen LogP contribution is -1.89. The van der Waals surface area contributed by atoms with Gasteiger partial charge in [-0.2, -0.15) is 0 Å². The van der Waals surface area contributed by atoms with Crippen LogP contribution in [-0.4, -0.2) is 16.6 Å². The number of benzene rings is 1. The summed E-state index contributed by atoms with van der Waals surface area (Å²) in [4.78, 5) is 8.69. The molecule has 19 heavy (non-hydrogen) atoms. The van der Waals surface area contributed by atoms with E-state index >= 15 is 0 Å². The molecule has 96 valence electrons. The zero-order chi connectivity index (χ0) is 13.2. The van der Waals surface area contributed by atoms with Crippen molar-refractivity contribution in [3.05, 3.63) is 36.7 Å². The summed E-state index contributed by atoms with van der Waals surface area (Å²) >= 11 is 1.61. The lowest BCUT2D eigenvalue weighted by Gasteiger charge is -2.00. The molecule has 0 fully saturated rings. The minimum Gasteiger partial charge on any atom is -0.494 e. The van der Waals surface area contributed by atoms with Crippen LogP contribution in [0.4, 0.5) is 5.69 Å². The summed E-state index contributed by atoms with van der Waals surface area (Å²) in [5.74, 6) is 0.871. The van der Waals surface area contributed by atoms with Crippen LogP contribution in [0.5, 0.6) is 5.75 Å². The van der Waals surface area contributed by atoms with Gasteiger partial charge < -0.3 is 10.5 Å². The van der Waals surface area contributed by atoms with E-state index in [1.165, 1.54) is 0 Å². The Kier molecular flexibility index (Phi) is 3.05. The maximum Gasteiger partial charge on any atom is 0.126 e. The molecule has 0 saturated heterocycles. The van der Waals surface area contributed by atoms with Crippen molar-refractivity contribution in [2.24, 2.45) is 0 Å². The Labute approximate surface area is 114 Å². The first-order valence-corrected chi connectivity index (χ1v) is 6.82. The summed E-state index contributed by atoms with van der Waals surface area (Å²) in [7, 11) is 0. The van der Waals surface area contributed by atoms with Crippen molar-refractivity contribution in [1.29, 1.82) is 0 Å². The molecule has 0 amide bonds. The second-order valence-electron chi connectivity index (χ2n) is 4.09. The highest BCUT2D eigenvalue weighted by Crippen LogP contribution is 2.32. The molecular weight excluding hydrogens is 258 g/mol. The number of anilines is 1. The van der Waals surface area contributed by atoms with Crippen LogP contribution in [0.1, 0.15) is 6.92 Å². The minimum absolute atomic E-state index is 0.645. The zero-order valence-corrected chi connectivity index (χ0v) is 11.3. The van der Waals surface area contributed by atoms with E-state index in [9.17, 15) is 0 Å².